The van der Waals surface area contributed by atoms with E-state index in [-0.39, 0.29) is 14.1 Å². The number of carbonyl (C=O) groups excluding carboxylic acids is 1. The molecule has 164 valence electrons. The van der Waals surface area contributed by atoms with E-state index < -0.39 is 0 Å². The number of rotatable bonds is 12. The summed E-state index contributed by atoms with van der Waals surface area (Å²) in [4.78, 5) is 13.0. The zero-order valence-corrected chi connectivity index (χ0v) is 20.2. The summed E-state index contributed by atoms with van der Waals surface area (Å²) in [6, 6.07) is 10.9. The van der Waals surface area contributed by atoms with Crippen molar-refractivity contribution in [3.8, 4) is 17.2 Å². The molecule has 0 aliphatic heterocycles. The Hall–Kier alpha value is -1.77. The van der Waals surface area contributed by atoms with Crippen LogP contribution < -0.4 is 19.5 Å². The Bertz CT molecular complexity index is 836. The summed E-state index contributed by atoms with van der Waals surface area (Å²) in [7, 11) is 1.40. The van der Waals surface area contributed by atoms with Crippen LogP contribution in [0.3, 0.4) is 0 Å². The van der Waals surface area contributed by atoms with Crippen LogP contribution in [0.1, 0.15) is 50.9 Å². The molecular formula is C24H32ClO4P. The van der Waals surface area contributed by atoms with Gasteiger partial charge in [0, 0.05) is 11.4 Å². The highest BCUT2D eigenvalue weighted by molar-refractivity contribution is 7.66. The molecule has 30 heavy (non-hydrogen) atoms. The first kappa shape index (κ1) is 24.5. The van der Waals surface area contributed by atoms with Crippen LogP contribution in [0.2, 0.25) is 5.02 Å². The van der Waals surface area contributed by atoms with Gasteiger partial charge in [-0.3, -0.25) is 4.79 Å². The van der Waals surface area contributed by atoms with Crippen LogP contribution in [0.25, 0.3) is 0 Å². The predicted octanol–water partition coefficient (Wildman–Crippen LogP) is 6.34. The molecule has 0 radical (unpaired) electrons. The van der Waals surface area contributed by atoms with Crippen molar-refractivity contribution in [2.24, 2.45) is 11.8 Å². The van der Waals surface area contributed by atoms with Crippen molar-refractivity contribution in [3.05, 3.63) is 47.0 Å². The van der Waals surface area contributed by atoms with Crippen LogP contribution in [0.15, 0.2) is 36.4 Å². The molecule has 0 aliphatic carbocycles. The van der Waals surface area contributed by atoms with Crippen LogP contribution in [0, 0.1) is 11.8 Å². The van der Waals surface area contributed by atoms with Crippen molar-refractivity contribution in [1.29, 1.82) is 0 Å². The van der Waals surface area contributed by atoms with E-state index >= 15 is 0 Å². The van der Waals surface area contributed by atoms with Gasteiger partial charge >= 0.3 is 0 Å². The minimum atomic E-state index is -0.133. The standard InChI is InChI=1S/C24H32ClO4P/c1-16(2)11-13-28-18-9-10-22(21(15-18)29-14-12-17(3)4)30-24(26)23-19(25)7-6-8-20(23)27-5/h6-10,15-17,30H,11-14H2,1-5H3. The van der Waals surface area contributed by atoms with Gasteiger partial charge in [0.15, 0.2) is 5.52 Å². The SMILES string of the molecule is COc1cccc(Cl)c1C(=O)Pc1ccc(OCCC(C)C)cc1OCCC(C)C. The third kappa shape index (κ3) is 7.49. The van der Waals surface area contributed by atoms with Crippen molar-refractivity contribution >= 4 is 31.0 Å². The highest BCUT2D eigenvalue weighted by Crippen LogP contribution is 2.34. The van der Waals surface area contributed by atoms with Gasteiger partial charge < -0.3 is 14.2 Å². The Labute approximate surface area is 187 Å². The second kappa shape index (κ2) is 12.2. The molecule has 0 bridgehead atoms. The van der Waals surface area contributed by atoms with Crippen LogP contribution in [0.4, 0.5) is 0 Å². The topological polar surface area (TPSA) is 44.8 Å². The molecule has 2 aromatic rings. The molecule has 0 saturated heterocycles. The maximum absolute atomic E-state index is 13.0. The quantitative estimate of drug-likeness (QED) is 0.354. The second-order valence-electron chi connectivity index (χ2n) is 7.99. The fraction of sp³-hybridized carbons (Fsp3) is 0.458. The lowest BCUT2D eigenvalue weighted by molar-refractivity contribution is 0.108. The molecule has 2 rings (SSSR count). The number of hydrogen-bond donors (Lipinski definition) is 0. The molecule has 2 aromatic carbocycles. The highest BCUT2D eigenvalue weighted by atomic mass is 35.5. The fourth-order valence-electron chi connectivity index (χ4n) is 2.71. The van der Waals surface area contributed by atoms with Gasteiger partial charge in [0.2, 0.25) is 0 Å². The third-order valence-electron chi connectivity index (χ3n) is 4.54. The van der Waals surface area contributed by atoms with Crippen molar-refractivity contribution in [1.82, 2.24) is 0 Å². The largest absolute Gasteiger partial charge is 0.496 e. The van der Waals surface area contributed by atoms with Gasteiger partial charge in [0.25, 0.3) is 0 Å². The summed E-state index contributed by atoms with van der Waals surface area (Å²) < 4.78 is 17.3. The first-order valence-corrected chi connectivity index (χ1v) is 11.7. The number of benzene rings is 2. The molecule has 6 heteroatoms. The van der Waals surface area contributed by atoms with E-state index in [0.29, 0.717) is 47.1 Å². The van der Waals surface area contributed by atoms with E-state index in [1.807, 2.05) is 18.2 Å². The van der Waals surface area contributed by atoms with E-state index in [0.717, 1.165) is 23.9 Å². The van der Waals surface area contributed by atoms with Crippen molar-refractivity contribution in [2.75, 3.05) is 20.3 Å². The first-order valence-electron chi connectivity index (χ1n) is 10.3. The maximum atomic E-state index is 13.0. The minimum Gasteiger partial charge on any atom is -0.496 e. The van der Waals surface area contributed by atoms with Gasteiger partial charge in [-0.25, -0.2) is 0 Å². The van der Waals surface area contributed by atoms with Crippen LogP contribution in [-0.4, -0.2) is 25.8 Å². The summed E-state index contributed by atoms with van der Waals surface area (Å²) in [5.41, 5.74) is 0.324. The van der Waals surface area contributed by atoms with E-state index in [2.05, 4.69) is 27.7 Å². The fourth-order valence-corrected chi connectivity index (χ4v) is 4.10. The predicted molar refractivity (Wildman–Crippen MR) is 127 cm³/mol. The molecule has 0 saturated carbocycles. The third-order valence-corrected chi connectivity index (χ3v) is 6.01. The normalized spacial score (nSPS) is 11.5. The van der Waals surface area contributed by atoms with E-state index in [9.17, 15) is 4.79 Å². The van der Waals surface area contributed by atoms with Crippen LogP contribution >= 0.6 is 20.2 Å². The monoisotopic (exact) mass is 450 g/mol. The number of methoxy groups -OCH3 is 1. The highest BCUT2D eigenvalue weighted by Gasteiger charge is 2.19. The molecular weight excluding hydrogens is 419 g/mol. The van der Waals surface area contributed by atoms with Crippen molar-refractivity contribution in [3.63, 3.8) is 0 Å². The molecule has 0 amide bonds. The number of hydrogen-bond acceptors (Lipinski definition) is 4. The first-order chi connectivity index (χ1) is 14.3. The average molecular weight is 451 g/mol. The number of carbonyl (C=O) groups is 1. The van der Waals surface area contributed by atoms with Gasteiger partial charge in [0.1, 0.15) is 17.2 Å². The zero-order chi connectivity index (χ0) is 22.1. The molecule has 0 aliphatic rings. The van der Waals surface area contributed by atoms with Gasteiger partial charge in [-0.15, -0.1) is 0 Å². The van der Waals surface area contributed by atoms with Gasteiger partial charge in [-0.2, -0.15) is 0 Å². The number of ether oxygens (including phenoxy) is 3. The maximum Gasteiger partial charge on any atom is 0.190 e. The summed E-state index contributed by atoms with van der Waals surface area (Å²) in [6.07, 6.45) is 1.92. The molecule has 0 spiro atoms. The van der Waals surface area contributed by atoms with E-state index in [1.165, 1.54) is 7.11 Å². The minimum absolute atomic E-state index is 0.0837. The molecule has 1 unspecified atom stereocenters. The summed E-state index contributed by atoms with van der Waals surface area (Å²) in [5, 5.41) is 1.23. The van der Waals surface area contributed by atoms with Gasteiger partial charge in [-0.05, 0) is 57.5 Å². The Balaban J connectivity index is 2.23. The molecule has 0 heterocycles. The Morgan fingerprint density at radius 1 is 0.967 bits per heavy atom. The van der Waals surface area contributed by atoms with Crippen molar-refractivity contribution < 1.29 is 19.0 Å². The number of halogens is 1. The molecule has 0 fully saturated rings. The summed E-state index contributed by atoms with van der Waals surface area (Å²) >= 11 is 6.29. The summed E-state index contributed by atoms with van der Waals surface area (Å²) in [5.74, 6) is 3.05. The Morgan fingerprint density at radius 2 is 1.63 bits per heavy atom. The second-order valence-corrected chi connectivity index (χ2v) is 9.64. The molecule has 1 atom stereocenters. The van der Waals surface area contributed by atoms with Gasteiger partial charge in [0.05, 0.1) is 30.9 Å². The van der Waals surface area contributed by atoms with E-state index in [4.69, 9.17) is 25.8 Å². The Morgan fingerprint density at radius 3 is 2.27 bits per heavy atom. The van der Waals surface area contributed by atoms with Crippen LogP contribution in [0.5, 0.6) is 17.2 Å². The lowest BCUT2D eigenvalue weighted by Crippen LogP contribution is -2.11. The zero-order valence-electron chi connectivity index (χ0n) is 18.5. The smallest absolute Gasteiger partial charge is 0.190 e. The molecule has 4 nitrogen and oxygen atoms in total. The van der Waals surface area contributed by atoms with Crippen LogP contribution in [-0.2, 0) is 0 Å². The van der Waals surface area contributed by atoms with Crippen molar-refractivity contribution in [2.45, 2.75) is 40.5 Å². The van der Waals surface area contributed by atoms with Gasteiger partial charge in [-0.1, -0.05) is 45.4 Å². The van der Waals surface area contributed by atoms with E-state index in [1.54, 1.807) is 18.2 Å². The summed E-state index contributed by atoms with van der Waals surface area (Å²) in [6.45, 7) is 9.90. The molecule has 0 N–H and O–H groups in total. The average Bonchev–Trinajstić information content (AvgIpc) is 2.68. The lowest BCUT2D eigenvalue weighted by Gasteiger charge is -2.16. The molecule has 0 aromatic heterocycles. The Kier molecular flexibility index (Phi) is 9.94. The lowest BCUT2D eigenvalue weighted by atomic mass is 10.1.